The number of aliphatic imine (C=N–C) groups is 4. The molecule has 0 aliphatic heterocycles. The number of benzene rings is 4. The third-order valence-corrected chi connectivity index (χ3v) is 7.70. The lowest BCUT2D eigenvalue weighted by molar-refractivity contribution is 0.473. The molecule has 0 aromatic heterocycles. The number of hydrogen-bond donors (Lipinski definition) is 4. The Morgan fingerprint density at radius 3 is 1.32 bits per heavy atom. The zero-order valence-electron chi connectivity index (χ0n) is 27.9. The molecule has 0 radical (unpaired) electrons. The molecule has 0 aliphatic rings. The summed E-state index contributed by atoms with van der Waals surface area (Å²) in [6.07, 6.45) is 3.89. The molecule has 0 unspecified atom stereocenters. The monoisotopic (exact) mass is 632 g/mol. The van der Waals surface area contributed by atoms with Crippen molar-refractivity contribution in [1.82, 2.24) is 0 Å². The summed E-state index contributed by atoms with van der Waals surface area (Å²) < 4.78 is 0. The lowest BCUT2D eigenvalue weighted by Gasteiger charge is -2.18. The fourth-order valence-corrected chi connectivity index (χ4v) is 4.76. The van der Waals surface area contributed by atoms with Crippen LogP contribution in [0.2, 0.25) is 0 Å². The van der Waals surface area contributed by atoms with Crippen LogP contribution in [0.15, 0.2) is 105 Å². The van der Waals surface area contributed by atoms with Crippen molar-refractivity contribution in [1.29, 1.82) is 0 Å². The van der Waals surface area contributed by atoms with Crippen molar-refractivity contribution in [2.24, 2.45) is 20.0 Å². The molecule has 4 rings (SSSR count). The average Bonchev–Trinajstić information content (AvgIpc) is 3.03. The molecular formula is C39H44N4O4. The second kappa shape index (κ2) is 14.9. The lowest BCUT2D eigenvalue weighted by atomic mass is 9.97. The van der Waals surface area contributed by atoms with E-state index >= 15 is 0 Å². The van der Waals surface area contributed by atoms with Gasteiger partial charge in [-0.05, 0) is 108 Å². The van der Waals surface area contributed by atoms with Crippen LogP contribution in [0.5, 0.6) is 23.0 Å². The number of phenolic OH excluding ortho intramolecular Hbond substituents is 4. The summed E-state index contributed by atoms with van der Waals surface area (Å²) in [6, 6.07) is 25.1. The predicted molar refractivity (Wildman–Crippen MR) is 193 cm³/mol. The molecule has 4 aromatic rings. The van der Waals surface area contributed by atoms with E-state index in [2.05, 4.69) is 9.98 Å². The second-order valence-corrected chi connectivity index (χ2v) is 12.9. The van der Waals surface area contributed by atoms with Crippen molar-refractivity contribution in [3.63, 3.8) is 0 Å². The fourth-order valence-electron chi connectivity index (χ4n) is 4.76. The number of hydrogen-bond acceptors (Lipinski definition) is 8. The van der Waals surface area contributed by atoms with Crippen molar-refractivity contribution >= 4 is 23.9 Å². The maximum Gasteiger partial charge on any atom is 0.124 e. The molecule has 4 N–H and O–H groups in total. The van der Waals surface area contributed by atoms with Crippen LogP contribution in [0.1, 0.15) is 74.9 Å². The summed E-state index contributed by atoms with van der Waals surface area (Å²) in [6.45, 7) is 12.4. The molecule has 8 heteroatoms. The smallest absolute Gasteiger partial charge is 0.124 e. The maximum atomic E-state index is 10.7. The summed E-state index contributed by atoms with van der Waals surface area (Å²) in [7, 11) is 0. The van der Waals surface area contributed by atoms with Crippen LogP contribution < -0.4 is 0 Å². The van der Waals surface area contributed by atoms with Gasteiger partial charge in [-0.2, -0.15) is 0 Å². The molecule has 0 bridgehead atoms. The minimum atomic E-state index is -0.523. The van der Waals surface area contributed by atoms with Crippen molar-refractivity contribution < 1.29 is 20.4 Å². The van der Waals surface area contributed by atoms with E-state index < -0.39 is 11.1 Å². The van der Waals surface area contributed by atoms with Gasteiger partial charge in [0.05, 0.1) is 24.2 Å². The van der Waals surface area contributed by atoms with Crippen molar-refractivity contribution in [2.75, 3.05) is 13.1 Å². The zero-order valence-corrected chi connectivity index (χ0v) is 27.9. The summed E-state index contributed by atoms with van der Waals surface area (Å²) in [5, 5.41) is 41.4. The highest BCUT2D eigenvalue weighted by atomic mass is 16.3. The summed E-state index contributed by atoms with van der Waals surface area (Å²) in [5.41, 5.74) is 4.88. The van der Waals surface area contributed by atoms with Gasteiger partial charge in [-0.15, -0.1) is 0 Å². The highest BCUT2D eigenvalue weighted by Gasteiger charge is 2.18. The van der Waals surface area contributed by atoms with Gasteiger partial charge in [-0.25, -0.2) is 0 Å². The van der Waals surface area contributed by atoms with E-state index in [1.165, 1.54) is 0 Å². The molecule has 244 valence electrons. The Bertz CT molecular complexity index is 1700. The van der Waals surface area contributed by atoms with Crippen molar-refractivity contribution in [2.45, 2.75) is 59.0 Å². The third kappa shape index (κ3) is 9.87. The van der Waals surface area contributed by atoms with Gasteiger partial charge < -0.3 is 20.4 Å². The molecule has 0 saturated carbocycles. The first-order valence-electron chi connectivity index (χ1n) is 15.6. The molecular weight excluding hydrogens is 588 g/mol. The van der Waals surface area contributed by atoms with E-state index in [9.17, 15) is 20.4 Å². The fraction of sp³-hybridized carbons (Fsp3) is 0.282. The lowest BCUT2D eigenvalue weighted by Crippen LogP contribution is -2.22. The molecule has 47 heavy (non-hydrogen) atoms. The normalized spacial score (nSPS) is 13.1. The summed E-state index contributed by atoms with van der Waals surface area (Å²) in [5.74, 6) is 0.639. The Kier molecular flexibility index (Phi) is 11.0. The van der Waals surface area contributed by atoms with Crippen molar-refractivity contribution in [3.8, 4) is 23.0 Å². The Hall–Kier alpha value is -5.24. The van der Waals surface area contributed by atoms with Crippen LogP contribution in [0.3, 0.4) is 0 Å². The molecule has 0 aliphatic carbocycles. The van der Waals surface area contributed by atoms with Crippen LogP contribution in [0.4, 0.5) is 0 Å². The van der Waals surface area contributed by atoms with Crippen LogP contribution in [-0.2, 0) is 6.42 Å². The van der Waals surface area contributed by atoms with Crippen LogP contribution >= 0.6 is 0 Å². The molecule has 4 aromatic carbocycles. The van der Waals surface area contributed by atoms with Gasteiger partial charge in [0, 0.05) is 46.1 Å². The van der Waals surface area contributed by atoms with E-state index in [0.29, 0.717) is 53.2 Å². The minimum absolute atomic E-state index is 0.146. The van der Waals surface area contributed by atoms with Gasteiger partial charge in [0.15, 0.2) is 0 Å². The van der Waals surface area contributed by atoms with Crippen molar-refractivity contribution in [3.05, 3.63) is 118 Å². The van der Waals surface area contributed by atoms with Gasteiger partial charge in [0.2, 0.25) is 0 Å². The number of aromatic hydroxyl groups is 4. The van der Waals surface area contributed by atoms with Crippen LogP contribution in [0.25, 0.3) is 0 Å². The first kappa shape index (κ1) is 34.6. The van der Waals surface area contributed by atoms with Gasteiger partial charge in [0.1, 0.15) is 23.0 Å². The van der Waals surface area contributed by atoms with Gasteiger partial charge in [-0.3, -0.25) is 20.0 Å². The molecule has 0 atom stereocenters. The standard InChI is InChI=1S/C39H44N4O4/c1-26(40-24-38(3,4)42-22-30-11-7-9-13-34(30)44)32-20-28(15-17-36(32)46)19-29-16-18-37(47)33(21-29)27(2)41-25-39(5,6)43-23-31-12-8-10-14-35(31)45/h7-18,20-23,44-47H,19,24-25H2,1-6H3. The maximum absolute atomic E-state index is 10.7. The Morgan fingerprint density at radius 1 is 0.553 bits per heavy atom. The highest BCUT2D eigenvalue weighted by molar-refractivity contribution is 6.02. The minimum Gasteiger partial charge on any atom is -0.507 e. The Labute approximate surface area is 277 Å². The SMILES string of the molecule is CC(=NCC(C)(C)N=Cc1ccccc1O)c1cc(Cc2ccc(O)c(C(C)=NCC(C)(C)N=Cc3ccccc3O)c2)ccc1O. The number of phenols is 4. The number of para-hydroxylation sites is 2. The van der Waals surface area contributed by atoms with Crippen LogP contribution in [0, 0.1) is 0 Å². The topological polar surface area (TPSA) is 130 Å². The van der Waals surface area contributed by atoms with E-state index in [1.807, 2.05) is 77.9 Å². The molecule has 0 saturated heterocycles. The third-order valence-electron chi connectivity index (χ3n) is 7.70. The predicted octanol–water partition coefficient (Wildman–Crippen LogP) is 7.51. The Balaban J connectivity index is 1.46. The first-order chi connectivity index (χ1) is 22.2. The molecule has 0 heterocycles. The van der Waals surface area contributed by atoms with E-state index in [0.717, 1.165) is 11.1 Å². The number of rotatable bonds is 12. The summed E-state index contributed by atoms with van der Waals surface area (Å²) >= 11 is 0. The largest absolute Gasteiger partial charge is 0.507 e. The van der Waals surface area contributed by atoms with E-state index in [4.69, 9.17) is 9.98 Å². The quantitative estimate of drug-likeness (QED) is 0.120. The first-order valence-corrected chi connectivity index (χ1v) is 15.6. The molecule has 0 amide bonds. The van der Waals surface area contributed by atoms with E-state index in [-0.39, 0.29) is 23.0 Å². The molecule has 8 nitrogen and oxygen atoms in total. The highest BCUT2D eigenvalue weighted by Crippen LogP contribution is 2.26. The van der Waals surface area contributed by atoms with Gasteiger partial charge in [0.25, 0.3) is 0 Å². The Morgan fingerprint density at radius 2 is 0.936 bits per heavy atom. The summed E-state index contributed by atoms with van der Waals surface area (Å²) in [4.78, 5) is 18.7. The zero-order chi connectivity index (χ0) is 34.2. The number of nitrogens with zero attached hydrogens (tertiary/aromatic N) is 4. The van der Waals surface area contributed by atoms with E-state index in [1.54, 1.807) is 61.0 Å². The van der Waals surface area contributed by atoms with Gasteiger partial charge >= 0.3 is 0 Å². The van der Waals surface area contributed by atoms with Gasteiger partial charge in [-0.1, -0.05) is 36.4 Å². The molecule has 0 spiro atoms. The second-order valence-electron chi connectivity index (χ2n) is 12.9. The molecule has 0 fully saturated rings. The van der Waals surface area contributed by atoms with Crippen LogP contribution in [-0.4, -0.2) is 68.4 Å². The average molecular weight is 633 g/mol.